The molecule has 1 aliphatic heterocycles. The van der Waals surface area contributed by atoms with Crippen LogP contribution in [0.2, 0.25) is 0 Å². The molecule has 1 heterocycles. The Morgan fingerprint density at radius 3 is 2.60 bits per heavy atom. The number of esters is 1. The van der Waals surface area contributed by atoms with Crippen LogP contribution >= 0.6 is 15.9 Å². The second kappa shape index (κ2) is 9.02. The molecule has 0 bridgehead atoms. The molecule has 1 saturated heterocycles. The smallest absolute Gasteiger partial charge is 0.337 e. The van der Waals surface area contributed by atoms with E-state index in [2.05, 4.69) is 25.4 Å². The van der Waals surface area contributed by atoms with Gasteiger partial charge < -0.3 is 9.64 Å². The number of hydrogen-bond acceptors (Lipinski definition) is 6. The molecule has 2 aromatic rings. The maximum atomic E-state index is 13.5. The fraction of sp³-hybridized carbons (Fsp3) is 0.300. The number of sulfonamides is 1. The lowest BCUT2D eigenvalue weighted by Gasteiger charge is -2.32. The minimum absolute atomic E-state index is 0.0806. The third-order valence-electron chi connectivity index (χ3n) is 4.78. The zero-order valence-corrected chi connectivity index (χ0v) is 18.5. The predicted molar refractivity (Wildman–Crippen MR) is 114 cm³/mol. The van der Waals surface area contributed by atoms with Crippen molar-refractivity contribution >= 4 is 43.3 Å². The lowest BCUT2D eigenvalue weighted by molar-refractivity contribution is 0.0600. The molecule has 0 spiro atoms. The van der Waals surface area contributed by atoms with Gasteiger partial charge in [0.05, 0.1) is 35.7 Å². The van der Waals surface area contributed by atoms with E-state index in [1.807, 2.05) is 11.0 Å². The molecule has 0 saturated carbocycles. The number of rotatable bonds is 5. The molecule has 10 heteroatoms. The summed E-state index contributed by atoms with van der Waals surface area (Å²) >= 11 is 3.20. The van der Waals surface area contributed by atoms with E-state index in [1.54, 1.807) is 12.1 Å². The van der Waals surface area contributed by atoms with E-state index in [0.29, 0.717) is 31.6 Å². The number of halogens is 2. The third kappa shape index (κ3) is 4.74. The maximum Gasteiger partial charge on any atom is 0.337 e. The number of nitriles is 1. The highest BCUT2D eigenvalue weighted by atomic mass is 79.9. The average Bonchev–Trinajstić information content (AvgIpc) is 2.73. The van der Waals surface area contributed by atoms with Crippen molar-refractivity contribution in [2.24, 2.45) is 0 Å². The van der Waals surface area contributed by atoms with Gasteiger partial charge in [0.25, 0.3) is 10.0 Å². The van der Waals surface area contributed by atoms with Crippen LogP contribution in [-0.4, -0.2) is 40.8 Å². The van der Waals surface area contributed by atoms with Gasteiger partial charge in [-0.15, -0.1) is 0 Å². The summed E-state index contributed by atoms with van der Waals surface area (Å²) in [5, 5.41) is 9.23. The molecule has 1 fully saturated rings. The van der Waals surface area contributed by atoms with Crippen molar-refractivity contribution in [1.82, 2.24) is 0 Å². The SMILES string of the molecule is COC(=O)c1ccc(Br)c(S(=O)(=O)Nc2cc(C#N)ccc2N2CCC(F)CC2)c1. The Hall–Kier alpha value is -2.64. The van der Waals surface area contributed by atoms with E-state index >= 15 is 0 Å². The van der Waals surface area contributed by atoms with Crippen molar-refractivity contribution < 1.29 is 22.3 Å². The number of piperidine rings is 1. The molecule has 0 aliphatic carbocycles. The molecule has 7 nitrogen and oxygen atoms in total. The Balaban J connectivity index is 2.00. The van der Waals surface area contributed by atoms with Gasteiger partial charge in [0, 0.05) is 17.6 Å². The molecule has 30 heavy (non-hydrogen) atoms. The number of anilines is 2. The molecule has 0 amide bonds. The first kappa shape index (κ1) is 22.1. The van der Waals surface area contributed by atoms with Crippen LogP contribution in [0.5, 0.6) is 0 Å². The maximum absolute atomic E-state index is 13.5. The fourth-order valence-corrected chi connectivity index (χ4v) is 5.26. The van der Waals surface area contributed by atoms with Crippen LogP contribution in [0.3, 0.4) is 0 Å². The Labute approximate surface area is 182 Å². The molecular weight excluding hydrogens is 477 g/mol. The number of benzene rings is 2. The lowest BCUT2D eigenvalue weighted by Crippen LogP contribution is -2.35. The Bertz CT molecular complexity index is 1110. The highest BCUT2D eigenvalue weighted by Gasteiger charge is 2.25. The van der Waals surface area contributed by atoms with Crippen LogP contribution in [0.1, 0.15) is 28.8 Å². The number of methoxy groups -OCH3 is 1. The zero-order chi connectivity index (χ0) is 21.9. The van der Waals surface area contributed by atoms with Crippen LogP contribution in [0.15, 0.2) is 45.8 Å². The molecule has 158 valence electrons. The van der Waals surface area contributed by atoms with Gasteiger partial charge in [0.2, 0.25) is 0 Å². The van der Waals surface area contributed by atoms with Crippen molar-refractivity contribution in [1.29, 1.82) is 5.26 Å². The van der Waals surface area contributed by atoms with Crippen LogP contribution < -0.4 is 9.62 Å². The first-order chi connectivity index (χ1) is 14.2. The first-order valence-corrected chi connectivity index (χ1v) is 11.4. The minimum atomic E-state index is -4.12. The van der Waals surface area contributed by atoms with Gasteiger partial charge in [-0.05, 0) is 65.2 Å². The van der Waals surface area contributed by atoms with Crippen molar-refractivity contribution in [3.05, 3.63) is 52.0 Å². The van der Waals surface area contributed by atoms with E-state index in [0.717, 1.165) is 0 Å². The second-order valence-electron chi connectivity index (χ2n) is 6.75. The third-order valence-corrected chi connectivity index (χ3v) is 7.14. The molecule has 0 aromatic heterocycles. The monoisotopic (exact) mass is 495 g/mol. The highest BCUT2D eigenvalue weighted by Crippen LogP contribution is 2.33. The number of carbonyl (C=O) groups is 1. The van der Waals surface area contributed by atoms with Crippen molar-refractivity contribution in [2.75, 3.05) is 29.8 Å². The molecule has 3 rings (SSSR count). The van der Waals surface area contributed by atoms with E-state index in [1.165, 1.54) is 31.4 Å². The second-order valence-corrected chi connectivity index (χ2v) is 9.25. The van der Waals surface area contributed by atoms with E-state index < -0.39 is 22.2 Å². The quantitative estimate of drug-likeness (QED) is 0.632. The fourth-order valence-electron chi connectivity index (χ4n) is 3.21. The van der Waals surface area contributed by atoms with Crippen molar-refractivity contribution in [3.8, 4) is 6.07 Å². The van der Waals surface area contributed by atoms with Gasteiger partial charge in [-0.3, -0.25) is 4.72 Å². The summed E-state index contributed by atoms with van der Waals surface area (Å²) in [6.45, 7) is 0.868. The average molecular weight is 496 g/mol. The summed E-state index contributed by atoms with van der Waals surface area (Å²) in [4.78, 5) is 13.5. The van der Waals surface area contributed by atoms with E-state index in [9.17, 15) is 22.9 Å². The number of nitrogens with one attached hydrogen (secondary N) is 1. The Morgan fingerprint density at radius 2 is 1.97 bits per heavy atom. The largest absolute Gasteiger partial charge is 0.465 e. The normalized spacial score (nSPS) is 14.8. The van der Waals surface area contributed by atoms with E-state index in [-0.39, 0.29) is 26.2 Å². The molecule has 0 atom stereocenters. The number of ether oxygens (including phenoxy) is 1. The number of hydrogen-bond donors (Lipinski definition) is 1. The van der Waals surface area contributed by atoms with Crippen LogP contribution in [0.4, 0.5) is 15.8 Å². The number of nitrogens with zero attached hydrogens (tertiary/aromatic N) is 2. The van der Waals surface area contributed by atoms with Gasteiger partial charge >= 0.3 is 5.97 Å². The summed E-state index contributed by atoms with van der Waals surface area (Å²) < 4.78 is 47.2. The first-order valence-electron chi connectivity index (χ1n) is 9.09. The van der Waals surface area contributed by atoms with Gasteiger partial charge in [-0.2, -0.15) is 5.26 Å². The topological polar surface area (TPSA) is 99.5 Å². The summed E-state index contributed by atoms with van der Waals surface area (Å²) in [6.07, 6.45) is -0.186. The molecular formula is C20H19BrFN3O4S. The summed E-state index contributed by atoms with van der Waals surface area (Å²) in [7, 11) is -2.91. The predicted octanol–water partition coefficient (Wildman–Crippen LogP) is 3.85. The van der Waals surface area contributed by atoms with Gasteiger partial charge in [0.1, 0.15) is 11.1 Å². The zero-order valence-electron chi connectivity index (χ0n) is 16.1. The minimum Gasteiger partial charge on any atom is -0.465 e. The molecule has 1 N–H and O–H groups in total. The number of alkyl halides is 1. The Morgan fingerprint density at radius 1 is 1.27 bits per heavy atom. The lowest BCUT2D eigenvalue weighted by atomic mass is 10.1. The van der Waals surface area contributed by atoms with Gasteiger partial charge in [-0.25, -0.2) is 17.6 Å². The summed E-state index contributed by atoms with van der Waals surface area (Å²) in [5.74, 6) is -0.666. The Kier molecular flexibility index (Phi) is 6.63. The van der Waals surface area contributed by atoms with Crippen LogP contribution in [0, 0.1) is 11.3 Å². The number of carbonyl (C=O) groups excluding carboxylic acids is 1. The summed E-state index contributed by atoms with van der Waals surface area (Å²) in [6, 6.07) is 10.8. The molecule has 2 aromatic carbocycles. The van der Waals surface area contributed by atoms with Crippen molar-refractivity contribution in [3.63, 3.8) is 0 Å². The highest BCUT2D eigenvalue weighted by molar-refractivity contribution is 9.10. The summed E-state index contributed by atoms with van der Waals surface area (Å²) in [5.41, 5.74) is 1.13. The van der Waals surface area contributed by atoms with Crippen LogP contribution in [0.25, 0.3) is 0 Å². The standard InChI is InChI=1S/C20H19BrFN3O4S/c1-29-20(26)14-3-4-16(21)19(11-14)30(27,28)24-17-10-13(12-23)2-5-18(17)25-8-6-15(22)7-9-25/h2-5,10-11,15,24H,6-9H2,1H3. The van der Waals surface area contributed by atoms with E-state index in [4.69, 9.17) is 0 Å². The van der Waals surface area contributed by atoms with Crippen molar-refractivity contribution in [2.45, 2.75) is 23.9 Å². The molecule has 1 aliphatic rings. The van der Waals surface area contributed by atoms with Gasteiger partial charge in [0.15, 0.2) is 0 Å². The molecule has 0 radical (unpaired) electrons. The molecule has 0 unspecified atom stereocenters. The van der Waals surface area contributed by atoms with Gasteiger partial charge in [-0.1, -0.05) is 0 Å². The van der Waals surface area contributed by atoms with Crippen LogP contribution in [-0.2, 0) is 14.8 Å².